The van der Waals surface area contributed by atoms with E-state index in [4.69, 9.17) is 10.5 Å². The van der Waals surface area contributed by atoms with Gasteiger partial charge in [0.2, 0.25) is 0 Å². The van der Waals surface area contributed by atoms with Crippen molar-refractivity contribution in [2.45, 2.75) is 11.3 Å². The Morgan fingerprint density at radius 2 is 1.94 bits per heavy atom. The molecular weight excluding hydrogens is 242 g/mol. The van der Waals surface area contributed by atoms with Crippen molar-refractivity contribution in [3.05, 3.63) is 48.0 Å². The van der Waals surface area contributed by atoms with Crippen LogP contribution in [-0.4, -0.2) is 24.2 Å². The number of rotatable bonds is 4. The van der Waals surface area contributed by atoms with Crippen LogP contribution in [-0.2, 0) is 4.74 Å². The molecule has 1 heterocycles. The van der Waals surface area contributed by atoms with E-state index < -0.39 is 0 Å². The molecule has 3 rings (SSSR count). The molecule has 0 amide bonds. The molecule has 1 aliphatic rings. The van der Waals surface area contributed by atoms with E-state index in [1.54, 1.807) is 0 Å². The number of hydrogen-bond acceptors (Lipinski definition) is 3. The number of hydrogen-bond donors (Lipinski definition) is 1. The van der Waals surface area contributed by atoms with E-state index in [0.717, 1.165) is 19.0 Å². The van der Waals surface area contributed by atoms with Crippen LogP contribution >= 0.6 is 11.8 Å². The Morgan fingerprint density at radius 3 is 2.67 bits per heavy atom. The first-order valence-electron chi connectivity index (χ1n) is 6.26. The molecule has 0 saturated carbocycles. The van der Waals surface area contributed by atoms with Gasteiger partial charge in [0.25, 0.3) is 0 Å². The zero-order chi connectivity index (χ0) is 12.4. The van der Waals surface area contributed by atoms with Gasteiger partial charge >= 0.3 is 0 Å². The number of ether oxygens (including phenoxy) is 1. The largest absolute Gasteiger partial charge is 0.379 e. The fraction of sp³-hybridized carbons (Fsp3) is 0.333. The first-order valence-corrected chi connectivity index (χ1v) is 7.31. The Bertz CT molecular complexity index is 539. The molecule has 3 heteroatoms. The monoisotopic (exact) mass is 259 g/mol. The third kappa shape index (κ3) is 2.53. The van der Waals surface area contributed by atoms with Crippen LogP contribution in [0.25, 0.3) is 10.8 Å². The lowest BCUT2D eigenvalue weighted by atomic mass is 10.0. The summed E-state index contributed by atoms with van der Waals surface area (Å²) in [7, 11) is 0. The molecule has 2 aromatic carbocycles. The van der Waals surface area contributed by atoms with Gasteiger partial charge in [0.05, 0.1) is 18.5 Å². The second-order valence-electron chi connectivity index (χ2n) is 4.71. The summed E-state index contributed by atoms with van der Waals surface area (Å²) in [5.74, 6) is 0.965. The lowest BCUT2D eigenvalue weighted by molar-refractivity contribution is 0.0455. The Hall–Kier alpha value is -1.03. The number of nitrogens with two attached hydrogens (primary N) is 1. The Balaban J connectivity index is 1.71. The molecule has 0 spiro atoms. The number of benzene rings is 2. The molecule has 1 unspecified atom stereocenters. The molecule has 2 N–H and O–H groups in total. The minimum atomic E-state index is 0.111. The zero-order valence-electron chi connectivity index (χ0n) is 10.2. The van der Waals surface area contributed by atoms with E-state index in [9.17, 15) is 0 Å². The van der Waals surface area contributed by atoms with Gasteiger partial charge in [0.15, 0.2) is 0 Å². The molecule has 1 aliphatic heterocycles. The molecule has 1 fully saturated rings. The van der Waals surface area contributed by atoms with E-state index in [1.165, 1.54) is 16.3 Å². The van der Waals surface area contributed by atoms with Gasteiger partial charge in [-0.2, -0.15) is 11.8 Å². The van der Waals surface area contributed by atoms with E-state index in [0.29, 0.717) is 5.25 Å². The summed E-state index contributed by atoms with van der Waals surface area (Å²) < 4.78 is 5.17. The fourth-order valence-corrected chi connectivity index (χ4v) is 3.14. The molecule has 2 nitrogen and oxygen atoms in total. The molecule has 0 aromatic heterocycles. The summed E-state index contributed by atoms with van der Waals surface area (Å²) in [6.07, 6.45) is 0. The second-order valence-corrected chi connectivity index (χ2v) is 6.04. The topological polar surface area (TPSA) is 35.2 Å². The van der Waals surface area contributed by atoms with E-state index in [-0.39, 0.29) is 6.04 Å². The van der Waals surface area contributed by atoms with Gasteiger partial charge in [-0.25, -0.2) is 0 Å². The molecule has 0 bridgehead atoms. The highest BCUT2D eigenvalue weighted by molar-refractivity contribution is 8.00. The minimum Gasteiger partial charge on any atom is -0.379 e. The summed E-state index contributed by atoms with van der Waals surface area (Å²) in [6.45, 7) is 1.77. The third-order valence-corrected chi connectivity index (χ3v) is 4.62. The number of fused-ring (bicyclic) bond motifs is 1. The lowest BCUT2D eigenvalue weighted by Gasteiger charge is -2.26. The molecule has 18 heavy (non-hydrogen) atoms. The van der Waals surface area contributed by atoms with Crippen molar-refractivity contribution in [3.8, 4) is 0 Å². The summed E-state index contributed by atoms with van der Waals surface area (Å²) in [6, 6.07) is 15.0. The highest BCUT2D eigenvalue weighted by atomic mass is 32.2. The van der Waals surface area contributed by atoms with Crippen LogP contribution < -0.4 is 5.73 Å². The van der Waals surface area contributed by atoms with Crippen LogP contribution in [0.3, 0.4) is 0 Å². The average molecular weight is 259 g/mol. The Labute approximate surface area is 112 Å². The molecule has 2 aromatic rings. The minimum absolute atomic E-state index is 0.111. The number of thioether (sulfide) groups is 1. The quantitative estimate of drug-likeness (QED) is 0.917. The summed E-state index contributed by atoms with van der Waals surface area (Å²) >= 11 is 1.92. The zero-order valence-corrected chi connectivity index (χ0v) is 11.0. The van der Waals surface area contributed by atoms with Crippen LogP contribution in [0.1, 0.15) is 11.6 Å². The van der Waals surface area contributed by atoms with Crippen LogP contribution in [0, 0.1) is 0 Å². The first-order chi connectivity index (χ1) is 8.83. The van der Waals surface area contributed by atoms with Crippen molar-refractivity contribution in [1.82, 2.24) is 0 Å². The summed E-state index contributed by atoms with van der Waals surface area (Å²) in [5, 5.41) is 3.19. The van der Waals surface area contributed by atoms with Crippen molar-refractivity contribution in [3.63, 3.8) is 0 Å². The van der Waals surface area contributed by atoms with Crippen LogP contribution in [0.4, 0.5) is 0 Å². The van der Waals surface area contributed by atoms with Gasteiger partial charge in [-0.05, 0) is 22.4 Å². The molecular formula is C15H17NOS. The standard InChI is InChI=1S/C15H17NOS/c16-15(10-18-14-8-17-9-14)13-6-5-11-3-1-2-4-12(11)7-13/h1-7,14-15H,8-10,16H2. The van der Waals surface area contributed by atoms with Crippen LogP contribution in [0.2, 0.25) is 0 Å². The van der Waals surface area contributed by atoms with Crippen LogP contribution in [0.5, 0.6) is 0 Å². The predicted molar refractivity (Wildman–Crippen MR) is 77.9 cm³/mol. The molecule has 0 radical (unpaired) electrons. The van der Waals surface area contributed by atoms with Gasteiger partial charge in [-0.1, -0.05) is 36.4 Å². The lowest BCUT2D eigenvalue weighted by Crippen LogP contribution is -2.31. The van der Waals surface area contributed by atoms with Crippen LogP contribution in [0.15, 0.2) is 42.5 Å². The smallest absolute Gasteiger partial charge is 0.0607 e. The SMILES string of the molecule is NC(CSC1COC1)c1ccc2ccccc2c1. The highest BCUT2D eigenvalue weighted by Crippen LogP contribution is 2.25. The van der Waals surface area contributed by atoms with Gasteiger partial charge < -0.3 is 10.5 Å². The second kappa shape index (κ2) is 5.31. The van der Waals surface area contributed by atoms with Gasteiger partial charge in [-0.15, -0.1) is 0 Å². The Kier molecular flexibility index (Phi) is 3.55. The maximum Gasteiger partial charge on any atom is 0.0607 e. The van der Waals surface area contributed by atoms with Crippen molar-refractivity contribution in [2.75, 3.05) is 19.0 Å². The van der Waals surface area contributed by atoms with Crippen molar-refractivity contribution < 1.29 is 4.74 Å². The van der Waals surface area contributed by atoms with Gasteiger partial charge in [0.1, 0.15) is 0 Å². The maximum atomic E-state index is 6.25. The predicted octanol–water partition coefficient (Wildman–Crippen LogP) is 2.97. The third-order valence-electron chi connectivity index (χ3n) is 3.32. The van der Waals surface area contributed by atoms with E-state index in [2.05, 4.69) is 42.5 Å². The maximum absolute atomic E-state index is 6.25. The Morgan fingerprint density at radius 1 is 1.17 bits per heavy atom. The van der Waals surface area contributed by atoms with Gasteiger partial charge in [-0.3, -0.25) is 0 Å². The van der Waals surface area contributed by atoms with Crippen molar-refractivity contribution >= 4 is 22.5 Å². The fourth-order valence-electron chi connectivity index (χ4n) is 2.08. The van der Waals surface area contributed by atoms with Gasteiger partial charge in [0, 0.05) is 11.8 Å². The summed E-state index contributed by atoms with van der Waals surface area (Å²) in [4.78, 5) is 0. The molecule has 1 saturated heterocycles. The van der Waals surface area contributed by atoms with Crippen molar-refractivity contribution in [1.29, 1.82) is 0 Å². The first kappa shape index (κ1) is 12.0. The average Bonchev–Trinajstić information content (AvgIpc) is 2.36. The van der Waals surface area contributed by atoms with E-state index >= 15 is 0 Å². The molecule has 1 atom stereocenters. The van der Waals surface area contributed by atoms with Crippen molar-refractivity contribution in [2.24, 2.45) is 5.73 Å². The van der Waals surface area contributed by atoms with E-state index in [1.807, 2.05) is 11.8 Å². The molecule has 94 valence electrons. The molecule has 0 aliphatic carbocycles. The normalized spacial score (nSPS) is 17.6. The highest BCUT2D eigenvalue weighted by Gasteiger charge is 2.20. The summed E-state index contributed by atoms with van der Waals surface area (Å²) in [5.41, 5.74) is 7.48.